The quantitative estimate of drug-likeness (QED) is 0.725. The number of aryl methyl sites for hydroxylation is 1. The van der Waals surface area contributed by atoms with Crippen molar-refractivity contribution < 1.29 is 4.79 Å². The molecule has 86 valence electrons. The van der Waals surface area contributed by atoms with E-state index < -0.39 is 0 Å². The van der Waals surface area contributed by atoms with Crippen molar-refractivity contribution in [3.05, 3.63) is 35.4 Å². The molecular weight excluding hydrogens is 222 g/mol. The summed E-state index contributed by atoms with van der Waals surface area (Å²) in [4.78, 5) is 14.1. The van der Waals surface area contributed by atoms with Crippen molar-refractivity contribution in [1.29, 1.82) is 0 Å². The topological polar surface area (TPSA) is 20.3 Å². The lowest BCUT2D eigenvalue weighted by Crippen LogP contribution is -2.36. The minimum Gasteiger partial charge on any atom is -0.334 e. The molecular formula is C13H16ClNO. The Labute approximate surface area is 101 Å². The Balaban J connectivity index is 2.18. The summed E-state index contributed by atoms with van der Waals surface area (Å²) in [6.45, 7) is 2.84. The van der Waals surface area contributed by atoms with Gasteiger partial charge in [-0.2, -0.15) is 0 Å². The Morgan fingerprint density at radius 1 is 1.56 bits per heavy atom. The van der Waals surface area contributed by atoms with Crippen LogP contribution in [0.15, 0.2) is 24.3 Å². The Morgan fingerprint density at radius 3 is 3.06 bits per heavy atom. The molecule has 0 aliphatic carbocycles. The van der Waals surface area contributed by atoms with Gasteiger partial charge in [0.15, 0.2) is 0 Å². The van der Waals surface area contributed by atoms with E-state index in [-0.39, 0.29) is 11.9 Å². The van der Waals surface area contributed by atoms with Crippen LogP contribution in [0.1, 0.15) is 28.8 Å². The fourth-order valence-electron chi connectivity index (χ4n) is 2.21. The van der Waals surface area contributed by atoms with Crippen LogP contribution in [0, 0.1) is 6.92 Å². The lowest BCUT2D eigenvalue weighted by molar-refractivity contribution is 0.0749. The van der Waals surface area contributed by atoms with Crippen LogP contribution in [0.2, 0.25) is 0 Å². The molecule has 1 aliphatic rings. The van der Waals surface area contributed by atoms with E-state index in [4.69, 9.17) is 11.6 Å². The number of carbonyl (C=O) groups is 1. The minimum atomic E-state index is 0.117. The standard InChI is InChI=1S/C13H16ClNO/c1-10-4-2-5-11(8-10)13(16)15-7-3-6-12(15)9-14/h2,4-5,8,12H,3,6-7,9H2,1H3. The molecule has 0 N–H and O–H groups in total. The van der Waals surface area contributed by atoms with Crippen LogP contribution in [0.25, 0.3) is 0 Å². The summed E-state index contributed by atoms with van der Waals surface area (Å²) in [6.07, 6.45) is 2.09. The monoisotopic (exact) mass is 237 g/mol. The Bertz CT molecular complexity index is 391. The third-order valence-electron chi connectivity index (χ3n) is 3.08. The second-order valence-electron chi connectivity index (χ2n) is 4.32. The molecule has 1 aromatic rings. The average molecular weight is 238 g/mol. The van der Waals surface area contributed by atoms with Crippen molar-refractivity contribution in [2.24, 2.45) is 0 Å². The van der Waals surface area contributed by atoms with Gasteiger partial charge in [-0.05, 0) is 31.9 Å². The number of nitrogens with zero attached hydrogens (tertiary/aromatic N) is 1. The van der Waals surface area contributed by atoms with Gasteiger partial charge in [-0.3, -0.25) is 4.79 Å². The van der Waals surface area contributed by atoms with E-state index in [1.807, 2.05) is 36.1 Å². The molecule has 3 heteroatoms. The molecule has 1 amide bonds. The van der Waals surface area contributed by atoms with E-state index in [9.17, 15) is 4.79 Å². The summed E-state index contributed by atoms with van der Waals surface area (Å²) in [7, 11) is 0. The fraction of sp³-hybridized carbons (Fsp3) is 0.462. The zero-order chi connectivity index (χ0) is 11.5. The van der Waals surface area contributed by atoms with Crippen molar-refractivity contribution >= 4 is 17.5 Å². The first-order valence-electron chi connectivity index (χ1n) is 5.66. The van der Waals surface area contributed by atoms with E-state index in [1.165, 1.54) is 0 Å². The van der Waals surface area contributed by atoms with Crippen LogP contribution in [0.5, 0.6) is 0 Å². The molecule has 1 heterocycles. The lowest BCUT2D eigenvalue weighted by Gasteiger charge is -2.23. The number of likely N-dealkylation sites (tertiary alicyclic amines) is 1. The smallest absolute Gasteiger partial charge is 0.254 e. The number of alkyl halides is 1. The first-order chi connectivity index (χ1) is 7.72. The molecule has 1 unspecified atom stereocenters. The lowest BCUT2D eigenvalue weighted by atomic mass is 10.1. The van der Waals surface area contributed by atoms with Gasteiger partial charge >= 0.3 is 0 Å². The van der Waals surface area contributed by atoms with Gasteiger partial charge in [0.25, 0.3) is 5.91 Å². The molecule has 1 atom stereocenters. The summed E-state index contributed by atoms with van der Waals surface area (Å²) < 4.78 is 0. The number of hydrogen-bond donors (Lipinski definition) is 0. The molecule has 1 saturated heterocycles. The molecule has 0 spiro atoms. The number of amides is 1. The van der Waals surface area contributed by atoms with Crippen molar-refractivity contribution in [3.63, 3.8) is 0 Å². The highest BCUT2D eigenvalue weighted by molar-refractivity contribution is 6.18. The zero-order valence-corrected chi connectivity index (χ0v) is 10.2. The summed E-state index contributed by atoms with van der Waals surface area (Å²) in [6, 6.07) is 7.95. The molecule has 1 fully saturated rings. The summed E-state index contributed by atoms with van der Waals surface area (Å²) in [5, 5.41) is 0. The number of carbonyl (C=O) groups excluding carboxylic acids is 1. The molecule has 1 aromatic carbocycles. The first kappa shape index (κ1) is 11.5. The average Bonchev–Trinajstić information content (AvgIpc) is 2.76. The molecule has 1 aliphatic heterocycles. The van der Waals surface area contributed by atoms with E-state index in [1.54, 1.807) is 0 Å². The third kappa shape index (κ3) is 2.22. The summed E-state index contributed by atoms with van der Waals surface area (Å²) in [5.41, 5.74) is 1.89. The predicted octanol–water partition coefficient (Wildman–Crippen LogP) is 2.84. The largest absolute Gasteiger partial charge is 0.334 e. The molecule has 0 radical (unpaired) electrons. The van der Waals surface area contributed by atoms with Crippen LogP contribution in [0.3, 0.4) is 0 Å². The second kappa shape index (κ2) is 4.88. The van der Waals surface area contributed by atoms with Gasteiger partial charge in [-0.15, -0.1) is 11.6 Å². The molecule has 0 saturated carbocycles. The SMILES string of the molecule is Cc1cccc(C(=O)N2CCCC2CCl)c1. The minimum absolute atomic E-state index is 0.117. The van der Waals surface area contributed by atoms with Crippen LogP contribution in [0.4, 0.5) is 0 Å². The Morgan fingerprint density at radius 2 is 2.38 bits per heavy atom. The van der Waals surface area contributed by atoms with Gasteiger partial charge in [0.05, 0.1) is 0 Å². The van der Waals surface area contributed by atoms with E-state index >= 15 is 0 Å². The Hall–Kier alpha value is -1.02. The van der Waals surface area contributed by atoms with Crippen LogP contribution < -0.4 is 0 Å². The predicted molar refractivity (Wildman–Crippen MR) is 66.0 cm³/mol. The van der Waals surface area contributed by atoms with E-state index in [0.717, 1.165) is 30.5 Å². The third-order valence-corrected chi connectivity index (χ3v) is 3.44. The van der Waals surface area contributed by atoms with Gasteiger partial charge in [-0.1, -0.05) is 17.7 Å². The number of rotatable bonds is 2. The number of benzene rings is 1. The zero-order valence-electron chi connectivity index (χ0n) is 9.45. The molecule has 0 aromatic heterocycles. The second-order valence-corrected chi connectivity index (χ2v) is 4.63. The van der Waals surface area contributed by atoms with Crippen molar-refractivity contribution in [3.8, 4) is 0 Å². The van der Waals surface area contributed by atoms with Crippen LogP contribution >= 0.6 is 11.6 Å². The molecule has 2 rings (SSSR count). The van der Waals surface area contributed by atoms with Crippen LogP contribution in [-0.2, 0) is 0 Å². The Kier molecular flexibility index (Phi) is 3.49. The summed E-state index contributed by atoms with van der Waals surface area (Å²) in [5.74, 6) is 0.657. The highest BCUT2D eigenvalue weighted by Gasteiger charge is 2.28. The molecule has 16 heavy (non-hydrogen) atoms. The van der Waals surface area contributed by atoms with Crippen molar-refractivity contribution in [1.82, 2.24) is 4.90 Å². The maximum atomic E-state index is 12.2. The molecule has 2 nitrogen and oxygen atoms in total. The van der Waals surface area contributed by atoms with Gasteiger partial charge in [0.2, 0.25) is 0 Å². The van der Waals surface area contributed by atoms with Crippen molar-refractivity contribution in [2.45, 2.75) is 25.8 Å². The van der Waals surface area contributed by atoms with Gasteiger partial charge < -0.3 is 4.90 Å². The highest BCUT2D eigenvalue weighted by Crippen LogP contribution is 2.21. The maximum absolute atomic E-state index is 12.2. The van der Waals surface area contributed by atoms with Gasteiger partial charge in [0.1, 0.15) is 0 Å². The maximum Gasteiger partial charge on any atom is 0.254 e. The normalized spacial score (nSPS) is 20.1. The number of hydrogen-bond acceptors (Lipinski definition) is 1. The van der Waals surface area contributed by atoms with Crippen LogP contribution in [-0.4, -0.2) is 29.3 Å². The molecule has 0 bridgehead atoms. The van der Waals surface area contributed by atoms with Gasteiger partial charge in [0, 0.05) is 24.0 Å². The van der Waals surface area contributed by atoms with E-state index in [2.05, 4.69) is 0 Å². The van der Waals surface area contributed by atoms with E-state index in [0.29, 0.717) is 5.88 Å². The first-order valence-corrected chi connectivity index (χ1v) is 6.19. The number of halogens is 1. The highest BCUT2D eigenvalue weighted by atomic mass is 35.5. The van der Waals surface area contributed by atoms with Gasteiger partial charge in [-0.25, -0.2) is 0 Å². The fourth-order valence-corrected chi connectivity index (χ4v) is 2.53. The van der Waals surface area contributed by atoms with Crippen molar-refractivity contribution in [2.75, 3.05) is 12.4 Å². The summed E-state index contributed by atoms with van der Waals surface area (Å²) >= 11 is 5.87.